The second kappa shape index (κ2) is 7.65. The molecule has 2 rings (SSSR count). The van der Waals surface area contributed by atoms with Gasteiger partial charge in [0.2, 0.25) is 0 Å². The summed E-state index contributed by atoms with van der Waals surface area (Å²) in [6.07, 6.45) is 0. The molecule has 0 bridgehead atoms. The van der Waals surface area contributed by atoms with Crippen LogP contribution in [0, 0.1) is 0 Å². The molecule has 0 saturated heterocycles. The van der Waals surface area contributed by atoms with Crippen LogP contribution in [0.1, 0.15) is 28.9 Å². The van der Waals surface area contributed by atoms with E-state index >= 15 is 0 Å². The van der Waals surface area contributed by atoms with E-state index in [4.69, 9.17) is 16.3 Å². The minimum absolute atomic E-state index is 0.0451. The third kappa shape index (κ3) is 4.72. The molecule has 5 nitrogen and oxygen atoms in total. The number of hydrogen-bond acceptors (Lipinski definition) is 4. The number of benzene rings is 2. The average Bonchev–Trinajstić information content (AvgIpc) is 2.53. The van der Waals surface area contributed by atoms with Crippen LogP contribution in [0.15, 0.2) is 48.5 Å². The largest absolute Gasteiger partial charge is 0.508 e. The third-order valence-corrected chi connectivity index (χ3v) is 3.51. The van der Waals surface area contributed by atoms with Crippen molar-refractivity contribution in [1.29, 1.82) is 0 Å². The standard InChI is InChI=1S/C17H16ClNO4/c1-11(14-7-2-3-8-15(14)18)19-16(21)10-23-17(22)12-5-4-6-13(20)9-12/h2-9,11,20H,10H2,1H3,(H,19,21)/t11-/m1/s1. The molecule has 0 saturated carbocycles. The van der Waals surface area contributed by atoms with Gasteiger partial charge in [-0.1, -0.05) is 35.9 Å². The quantitative estimate of drug-likeness (QED) is 0.824. The first-order chi connectivity index (χ1) is 11.0. The Hall–Kier alpha value is -2.53. The Balaban J connectivity index is 1.88. The number of esters is 1. The molecular formula is C17H16ClNO4. The Morgan fingerprint density at radius 2 is 1.96 bits per heavy atom. The van der Waals surface area contributed by atoms with E-state index in [0.29, 0.717) is 5.02 Å². The molecule has 0 unspecified atom stereocenters. The summed E-state index contributed by atoms with van der Waals surface area (Å²) >= 11 is 6.06. The zero-order valence-electron chi connectivity index (χ0n) is 12.5. The smallest absolute Gasteiger partial charge is 0.338 e. The summed E-state index contributed by atoms with van der Waals surface area (Å²) in [6, 6.07) is 12.6. The second-order valence-corrected chi connectivity index (χ2v) is 5.34. The van der Waals surface area contributed by atoms with Gasteiger partial charge in [0.15, 0.2) is 6.61 Å². The lowest BCUT2D eigenvalue weighted by Gasteiger charge is -2.15. The molecular weight excluding hydrogens is 318 g/mol. The molecule has 0 aliphatic heterocycles. The first kappa shape index (κ1) is 16.8. The van der Waals surface area contributed by atoms with Crippen molar-refractivity contribution in [1.82, 2.24) is 5.32 Å². The van der Waals surface area contributed by atoms with Crippen molar-refractivity contribution in [2.75, 3.05) is 6.61 Å². The maximum atomic E-state index is 11.9. The number of nitrogens with one attached hydrogen (secondary N) is 1. The van der Waals surface area contributed by atoms with Gasteiger partial charge in [0.05, 0.1) is 11.6 Å². The van der Waals surface area contributed by atoms with E-state index in [9.17, 15) is 14.7 Å². The molecule has 2 aromatic rings. The van der Waals surface area contributed by atoms with Gasteiger partial charge in [0.25, 0.3) is 5.91 Å². The normalized spacial score (nSPS) is 11.6. The maximum Gasteiger partial charge on any atom is 0.338 e. The van der Waals surface area contributed by atoms with Crippen LogP contribution >= 0.6 is 11.6 Å². The predicted octanol–water partition coefficient (Wildman–Crippen LogP) is 3.08. The Morgan fingerprint density at radius 1 is 1.22 bits per heavy atom. The molecule has 2 N–H and O–H groups in total. The fourth-order valence-electron chi connectivity index (χ4n) is 2.03. The predicted molar refractivity (Wildman–Crippen MR) is 86.4 cm³/mol. The van der Waals surface area contributed by atoms with E-state index in [1.807, 2.05) is 12.1 Å². The Kier molecular flexibility index (Phi) is 5.60. The highest BCUT2D eigenvalue weighted by atomic mass is 35.5. The van der Waals surface area contributed by atoms with Gasteiger partial charge >= 0.3 is 5.97 Å². The van der Waals surface area contributed by atoms with E-state index in [0.717, 1.165) is 5.56 Å². The molecule has 2 aromatic carbocycles. The Labute approximate surface area is 138 Å². The average molecular weight is 334 g/mol. The number of carbonyl (C=O) groups excluding carboxylic acids is 2. The third-order valence-electron chi connectivity index (χ3n) is 3.17. The Bertz CT molecular complexity index is 717. The molecule has 0 fully saturated rings. The van der Waals surface area contributed by atoms with Gasteiger partial charge in [-0.3, -0.25) is 4.79 Å². The molecule has 1 amide bonds. The van der Waals surface area contributed by atoms with Gasteiger partial charge in [-0.2, -0.15) is 0 Å². The van der Waals surface area contributed by atoms with Crippen molar-refractivity contribution < 1.29 is 19.4 Å². The van der Waals surface area contributed by atoms with Gasteiger partial charge in [-0.15, -0.1) is 0 Å². The molecule has 1 atom stereocenters. The number of ether oxygens (including phenoxy) is 1. The number of halogens is 1. The van der Waals surface area contributed by atoms with Gasteiger partial charge < -0.3 is 15.2 Å². The van der Waals surface area contributed by atoms with Crippen molar-refractivity contribution in [3.63, 3.8) is 0 Å². The monoisotopic (exact) mass is 333 g/mol. The van der Waals surface area contributed by atoms with Gasteiger partial charge in [-0.25, -0.2) is 4.79 Å². The highest BCUT2D eigenvalue weighted by Crippen LogP contribution is 2.22. The molecule has 0 aliphatic carbocycles. The lowest BCUT2D eigenvalue weighted by atomic mass is 10.1. The van der Waals surface area contributed by atoms with E-state index in [1.165, 1.54) is 24.3 Å². The molecule has 23 heavy (non-hydrogen) atoms. The van der Waals surface area contributed by atoms with Crippen LogP contribution < -0.4 is 5.32 Å². The minimum Gasteiger partial charge on any atom is -0.508 e. The molecule has 120 valence electrons. The maximum absolute atomic E-state index is 11.9. The minimum atomic E-state index is -0.679. The zero-order chi connectivity index (χ0) is 16.8. The molecule has 6 heteroatoms. The van der Waals surface area contributed by atoms with Crippen molar-refractivity contribution in [2.24, 2.45) is 0 Å². The summed E-state index contributed by atoms with van der Waals surface area (Å²) in [6.45, 7) is 1.37. The second-order valence-electron chi connectivity index (χ2n) is 4.94. The fraction of sp³-hybridized carbons (Fsp3) is 0.176. The molecule has 0 heterocycles. The molecule has 0 radical (unpaired) electrons. The SMILES string of the molecule is C[C@@H](NC(=O)COC(=O)c1cccc(O)c1)c1ccccc1Cl. The fourth-order valence-corrected chi connectivity index (χ4v) is 2.33. The molecule has 0 aliphatic rings. The zero-order valence-corrected chi connectivity index (χ0v) is 13.2. The van der Waals surface area contributed by atoms with Crippen LogP contribution in [0.25, 0.3) is 0 Å². The number of carbonyl (C=O) groups is 2. The van der Waals surface area contributed by atoms with Crippen LogP contribution in [0.4, 0.5) is 0 Å². The van der Waals surface area contributed by atoms with Gasteiger partial charge in [0, 0.05) is 5.02 Å². The first-order valence-corrected chi connectivity index (χ1v) is 7.35. The number of amides is 1. The van der Waals surface area contributed by atoms with Crippen LogP contribution in [-0.2, 0) is 9.53 Å². The van der Waals surface area contributed by atoms with Gasteiger partial charge in [-0.05, 0) is 36.8 Å². The number of aromatic hydroxyl groups is 1. The summed E-state index contributed by atoms with van der Waals surface area (Å²) in [5, 5.41) is 12.6. The number of rotatable bonds is 5. The van der Waals surface area contributed by atoms with E-state index < -0.39 is 18.5 Å². The first-order valence-electron chi connectivity index (χ1n) is 6.97. The highest BCUT2D eigenvalue weighted by molar-refractivity contribution is 6.31. The van der Waals surface area contributed by atoms with Crippen LogP contribution in [-0.4, -0.2) is 23.6 Å². The number of phenols is 1. The summed E-state index contributed by atoms with van der Waals surface area (Å²) in [4.78, 5) is 23.6. The van der Waals surface area contributed by atoms with E-state index in [1.54, 1.807) is 19.1 Å². The van der Waals surface area contributed by atoms with Crippen LogP contribution in [0.3, 0.4) is 0 Å². The lowest BCUT2D eigenvalue weighted by molar-refractivity contribution is -0.124. The highest BCUT2D eigenvalue weighted by Gasteiger charge is 2.14. The van der Waals surface area contributed by atoms with Crippen LogP contribution in [0.2, 0.25) is 5.02 Å². The van der Waals surface area contributed by atoms with Crippen molar-refractivity contribution in [3.8, 4) is 5.75 Å². The molecule has 0 aromatic heterocycles. The van der Waals surface area contributed by atoms with Crippen molar-refractivity contribution >= 4 is 23.5 Å². The number of hydrogen-bond donors (Lipinski definition) is 2. The summed E-state index contributed by atoms with van der Waals surface area (Å²) < 4.78 is 4.92. The Morgan fingerprint density at radius 3 is 2.65 bits per heavy atom. The topological polar surface area (TPSA) is 75.6 Å². The van der Waals surface area contributed by atoms with Crippen molar-refractivity contribution in [3.05, 3.63) is 64.7 Å². The number of phenolic OH excluding ortho intramolecular Hbond substituents is 1. The lowest BCUT2D eigenvalue weighted by Crippen LogP contribution is -2.31. The molecule has 0 spiro atoms. The van der Waals surface area contributed by atoms with Crippen molar-refractivity contribution in [2.45, 2.75) is 13.0 Å². The van der Waals surface area contributed by atoms with E-state index in [2.05, 4.69) is 5.32 Å². The van der Waals surface area contributed by atoms with Gasteiger partial charge in [0.1, 0.15) is 5.75 Å². The summed E-state index contributed by atoms with van der Waals surface area (Å²) in [7, 11) is 0. The summed E-state index contributed by atoms with van der Waals surface area (Å²) in [5.41, 5.74) is 0.957. The van der Waals surface area contributed by atoms with Crippen LogP contribution in [0.5, 0.6) is 5.75 Å². The van der Waals surface area contributed by atoms with E-state index in [-0.39, 0.29) is 17.4 Å². The summed E-state index contributed by atoms with van der Waals surface area (Å²) in [5.74, 6) is -1.16.